The Kier molecular flexibility index (Phi) is 2.79. The first-order chi connectivity index (χ1) is 8.22. The van der Waals surface area contributed by atoms with Gasteiger partial charge in [-0.05, 0) is 48.9 Å². The van der Waals surface area contributed by atoms with E-state index in [0.717, 1.165) is 11.7 Å². The van der Waals surface area contributed by atoms with Crippen molar-refractivity contribution in [3.8, 4) is 5.75 Å². The fourth-order valence-electron chi connectivity index (χ4n) is 2.93. The van der Waals surface area contributed by atoms with Crippen LogP contribution < -0.4 is 10.1 Å². The van der Waals surface area contributed by atoms with Gasteiger partial charge in [0.05, 0.1) is 0 Å². The molecule has 1 aromatic carbocycles. The molecule has 17 heavy (non-hydrogen) atoms. The lowest BCUT2D eigenvalue weighted by Crippen LogP contribution is -2.60. The maximum atomic E-state index is 12.7. The fraction of sp³-hybridized carbons (Fsp3) is 0.571. The van der Waals surface area contributed by atoms with Gasteiger partial charge in [0.25, 0.3) is 0 Å². The molecule has 0 aromatic heterocycles. The van der Waals surface area contributed by atoms with Crippen molar-refractivity contribution >= 4 is 0 Å². The molecule has 0 amide bonds. The maximum Gasteiger partial charge on any atom is 0.123 e. The van der Waals surface area contributed by atoms with Crippen molar-refractivity contribution in [3.05, 3.63) is 30.1 Å². The molecule has 2 unspecified atom stereocenters. The summed E-state index contributed by atoms with van der Waals surface area (Å²) in [6.45, 7) is 2.98. The van der Waals surface area contributed by atoms with E-state index >= 15 is 0 Å². The quantitative estimate of drug-likeness (QED) is 0.869. The van der Waals surface area contributed by atoms with Crippen molar-refractivity contribution in [2.24, 2.45) is 11.8 Å². The molecule has 2 heterocycles. The number of rotatable bonds is 3. The first kappa shape index (κ1) is 11.0. The van der Waals surface area contributed by atoms with Crippen LogP contribution in [0.4, 0.5) is 4.39 Å². The molecule has 0 spiro atoms. The first-order valence-electron chi connectivity index (χ1n) is 6.37. The molecule has 3 heteroatoms. The van der Waals surface area contributed by atoms with Crippen molar-refractivity contribution in [2.75, 3.05) is 6.61 Å². The van der Waals surface area contributed by atoms with E-state index in [2.05, 4.69) is 12.2 Å². The van der Waals surface area contributed by atoms with Gasteiger partial charge in [0, 0.05) is 12.1 Å². The van der Waals surface area contributed by atoms with Crippen molar-refractivity contribution < 1.29 is 9.13 Å². The van der Waals surface area contributed by atoms with Gasteiger partial charge in [0.2, 0.25) is 0 Å². The number of benzene rings is 1. The Morgan fingerprint density at radius 2 is 2.00 bits per heavy atom. The SMILES string of the molecule is CC1C2CC(C2)NC1COc1ccc(F)cc1. The lowest BCUT2D eigenvalue weighted by Gasteiger charge is -2.50. The zero-order valence-electron chi connectivity index (χ0n) is 10.0. The van der Waals surface area contributed by atoms with Crippen LogP contribution in [0.2, 0.25) is 0 Å². The van der Waals surface area contributed by atoms with Crippen molar-refractivity contribution in [3.63, 3.8) is 0 Å². The van der Waals surface area contributed by atoms with Crippen LogP contribution in [0.5, 0.6) is 5.75 Å². The third-order valence-electron chi connectivity index (χ3n) is 4.25. The number of piperidine rings is 2. The van der Waals surface area contributed by atoms with Crippen LogP contribution in [-0.2, 0) is 0 Å². The summed E-state index contributed by atoms with van der Waals surface area (Å²) in [6, 6.07) is 7.39. The van der Waals surface area contributed by atoms with Gasteiger partial charge >= 0.3 is 0 Å². The highest BCUT2D eigenvalue weighted by Crippen LogP contribution is 2.40. The summed E-state index contributed by atoms with van der Waals surface area (Å²) in [6.07, 6.45) is 2.66. The molecule has 1 N–H and O–H groups in total. The molecule has 1 aromatic rings. The van der Waals surface area contributed by atoms with E-state index in [9.17, 15) is 4.39 Å². The minimum atomic E-state index is -0.220. The largest absolute Gasteiger partial charge is 0.492 e. The number of halogens is 1. The molecule has 1 saturated carbocycles. The number of hydrogen-bond donors (Lipinski definition) is 1. The summed E-state index contributed by atoms with van der Waals surface area (Å²) >= 11 is 0. The van der Waals surface area contributed by atoms with Crippen LogP contribution in [0.25, 0.3) is 0 Å². The van der Waals surface area contributed by atoms with Crippen LogP contribution >= 0.6 is 0 Å². The molecular weight excluding hydrogens is 217 g/mol. The standard InChI is InChI=1S/C14H18FNO/c1-9-10-6-12(7-10)16-14(9)8-17-13-4-2-11(15)3-5-13/h2-5,9-10,12,14,16H,6-8H2,1H3. The van der Waals surface area contributed by atoms with Crippen LogP contribution in [0.1, 0.15) is 19.8 Å². The molecule has 0 radical (unpaired) electrons. The van der Waals surface area contributed by atoms with Crippen molar-refractivity contribution in [2.45, 2.75) is 31.8 Å². The van der Waals surface area contributed by atoms with E-state index in [4.69, 9.17) is 4.74 Å². The second-order valence-electron chi connectivity index (χ2n) is 5.33. The summed E-state index contributed by atoms with van der Waals surface area (Å²) < 4.78 is 18.4. The summed E-state index contributed by atoms with van der Waals surface area (Å²) in [7, 11) is 0. The smallest absolute Gasteiger partial charge is 0.123 e. The predicted octanol–water partition coefficient (Wildman–Crippen LogP) is 2.59. The van der Waals surface area contributed by atoms with Gasteiger partial charge in [-0.2, -0.15) is 0 Å². The van der Waals surface area contributed by atoms with Crippen LogP contribution in [0, 0.1) is 17.7 Å². The minimum absolute atomic E-state index is 0.220. The Hall–Kier alpha value is -1.09. The molecule has 3 aliphatic rings. The molecule has 4 rings (SSSR count). The lowest BCUT2D eigenvalue weighted by atomic mass is 9.66. The third-order valence-corrected chi connectivity index (χ3v) is 4.25. The third kappa shape index (κ3) is 2.16. The average molecular weight is 235 g/mol. The lowest BCUT2D eigenvalue weighted by molar-refractivity contribution is 0.0334. The van der Waals surface area contributed by atoms with Gasteiger partial charge in [-0.25, -0.2) is 4.39 Å². The zero-order valence-corrected chi connectivity index (χ0v) is 10.0. The molecule has 2 bridgehead atoms. The molecular formula is C14H18FNO. The molecule has 2 nitrogen and oxygen atoms in total. The van der Waals surface area contributed by atoms with Gasteiger partial charge < -0.3 is 10.1 Å². The van der Waals surface area contributed by atoms with E-state index in [-0.39, 0.29) is 5.82 Å². The Morgan fingerprint density at radius 3 is 2.65 bits per heavy atom. The second-order valence-corrected chi connectivity index (χ2v) is 5.33. The van der Waals surface area contributed by atoms with Crippen molar-refractivity contribution in [1.29, 1.82) is 0 Å². The number of hydrogen-bond acceptors (Lipinski definition) is 2. The topological polar surface area (TPSA) is 21.3 Å². The maximum absolute atomic E-state index is 12.7. The van der Waals surface area contributed by atoms with E-state index in [1.807, 2.05) is 0 Å². The van der Waals surface area contributed by atoms with Gasteiger partial charge in [-0.1, -0.05) is 6.92 Å². The predicted molar refractivity (Wildman–Crippen MR) is 64.5 cm³/mol. The highest BCUT2D eigenvalue weighted by Gasteiger charge is 2.43. The number of fused-ring (bicyclic) bond motifs is 2. The highest BCUT2D eigenvalue weighted by atomic mass is 19.1. The second kappa shape index (κ2) is 4.30. The highest BCUT2D eigenvalue weighted by molar-refractivity contribution is 5.22. The van der Waals surface area contributed by atoms with Gasteiger partial charge in [-0.15, -0.1) is 0 Å². The molecule has 2 atom stereocenters. The Morgan fingerprint density at radius 1 is 1.29 bits per heavy atom. The van der Waals surface area contributed by atoms with E-state index in [1.165, 1.54) is 25.0 Å². The Bertz CT molecular complexity index is 386. The van der Waals surface area contributed by atoms with Gasteiger partial charge in [0.15, 0.2) is 0 Å². The van der Waals surface area contributed by atoms with E-state index < -0.39 is 0 Å². The summed E-state index contributed by atoms with van der Waals surface area (Å²) in [5, 5.41) is 3.61. The molecule has 3 fully saturated rings. The van der Waals surface area contributed by atoms with Gasteiger partial charge in [0.1, 0.15) is 18.2 Å². The van der Waals surface area contributed by atoms with Gasteiger partial charge in [-0.3, -0.25) is 0 Å². The summed E-state index contributed by atoms with van der Waals surface area (Å²) in [5.41, 5.74) is 0. The van der Waals surface area contributed by atoms with Crippen LogP contribution in [0.15, 0.2) is 24.3 Å². The molecule has 2 saturated heterocycles. The fourth-order valence-corrected chi connectivity index (χ4v) is 2.93. The summed E-state index contributed by atoms with van der Waals surface area (Å²) in [4.78, 5) is 0. The molecule has 92 valence electrons. The summed E-state index contributed by atoms with van der Waals surface area (Å²) in [5.74, 6) is 2.09. The molecule has 2 aliphatic heterocycles. The Balaban J connectivity index is 1.55. The number of nitrogens with one attached hydrogen (secondary N) is 1. The van der Waals surface area contributed by atoms with Crippen LogP contribution in [0.3, 0.4) is 0 Å². The normalized spacial score (nSPS) is 35.2. The van der Waals surface area contributed by atoms with E-state index in [0.29, 0.717) is 24.6 Å². The average Bonchev–Trinajstić information content (AvgIpc) is 2.28. The van der Waals surface area contributed by atoms with Crippen molar-refractivity contribution in [1.82, 2.24) is 5.32 Å². The number of ether oxygens (including phenoxy) is 1. The van der Waals surface area contributed by atoms with Crippen LogP contribution in [-0.4, -0.2) is 18.7 Å². The Labute approximate surface area is 101 Å². The zero-order chi connectivity index (χ0) is 11.8. The van der Waals surface area contributed by atoms with E-state index in [1.54, 1.807) is 12.1 Å². The first-order valence-corrected chi connectivity index (χ1v) is 6.37. The monoisotopic (exact) mass is 235 g/mol. The minimum Gasteiger partial charge on any atom is -0.492 e. The molecule has 1 aliphatic carbocycles.